The molecule has 26 heavy (non-hydrogen) atoms. The first-order valence-corrected chi connectivity index (χ1v) is 9.58. The molecule has 0 spiro atoms. The smallest absolute Gasteiger partial charge is 0.334 e. The first-order valence-electron chi connectivity index (χ1n) is 8.79. The molecule has 3 heterocycles. The van der Waals surface area contributed by atoms with E-state index in [2.05, 4.69) is 22.5 Å². The van der Waals surface area contributed by atoms with Crippen molar-refractivity contribution in [1.29, 1.82) is 0 Å². The molecule has 2 fully saturated rings. The van der Waals surface area contributed by atoms with Gasteiger partial charge in [-0.2, -0.15) is 0 Å². The molecule has 7 heteroatoms. The molecule has 2 bridgehead atoms. The molecule has 3 aliphatic heterocycles. The highest BCUT2D eigenvalue weighted by Crippen LogP contribution is 2.47. The summed E-state index contributed by atoms with van der Waals surface area (Å²) in [6, 6.07) is 0. The average Bonchev–Trinajstić information content (AvgIpc) is 2.96. The Morgan fingerprint density at radius 2 is 2.04 bits per heavy atom. The van der Waals surface area contributed by atoms with Crippen molar-refractivity contribution in [2.24, 2.45) is 17.8 Å². The number of esters is 2. The van der Waals surface area contributed by atoms with Crippen LogP contribution in [0.5, 0.6) is 0 Å². The molecule has 0 aromatic heterocycles. The molecule has 3 rings (SSSR count). The Balaban J connectivity index is 2.04. The molecule has 0 N–H and O–H groups in total. The van der Waals surface area contributed by atoms with Crippen LogP contribution < -0.4 is 0 Å². The molecule has 0 amide bonds. The number of carbonyl (C=O) groups is 3. The minimum absolute atomic E-state index is 0.131. The van der Waals surface area contributed by atoms with Crippen molar-refractivity contribution in [2.45, 2.75) is 58.3 Å². The lowest BCUT2D eigenvalue weighted by Crippen LogP contribution is -2.43. The van der Waals surface area contributed by atoms with E-state index in [1.165, 1.54) is 0 Å². The second kappa shape index (κ2) is 6.51. The summed E-state index contributed by atoms with van der Waals surface area (Å²) in [7, 11) is 0. The highest BCUT2D eigenvalue weighted by Gasteiger charge is 2.55. The van der Waals surface area contributed by atoms with Gasteiger partial charge in [-0.05, 0) is 29.3 Å². The van der Waals surface area contributed by atoms with Gasteiger partial charge in [0.15, 0.2) is 5.60 Å². The van der Waals surface area contributed by atoms with Crippen molar-refractivity contribution in [3.8, 4) is 0 Å². The van der Waals surface area contributed by atoms with Crippen LogP contribution in [0.2, 0.25) is 0 Å². The highest BCUT2D eigenvalue weighted by molar-refractivity contribution is 9.12. The van der Waals surface area contributed by atoms with Crippen LogP contribution in [0, 0.1) is 17.8 Å². The van der Waals surface area contributed by atoms with Gasteiger partial charge in [0.05, 0.1) is 11.8 Å². The number of ketones is 1. The number of hydrogen-bond donors (Lipinski definition) is 0. The van der Waals surface area contributed by atoms with E-state index in [0.29, 0.717) is 16.7 Å². The number of fused-ring (bicyclic) bond motifs is 3. The summed E-state index contributed by atoms with van der Waals surface area (Å²) in [5.74, 6) is -1.45. The Morgan fingerprint density at radius 3 is 2.65 bits per heavy atom. The zero-order valence-electron chi connectivity index (χ0n) is 15.3. The Morgan fingerprint density at radius 1 is 1.38 bits per heavy atom. The molecule has 0 aromatic rings. The summed E-state index contributed by atoms with van der Waals surface area (Å²) in [6.45, 7) is 10.9. The summed E-state index contributed by atoms with van der Waals surface area (Å²) in [5, 5.41) is 0. The van der Waals surface area contributed by atoms with Gasteiger partial charge in [0.1, 0.15) is 22.4 Å². The Kier molecular flexibility index (Phi) is 4.80. The van der Waals surface area contributed by atoms with Crippen LogP contribution in [-0.4, -0.2) is 35.5 Å². The molecule has 0 radical (unpaired) electrons. The predicted octanol–water partition coefficient (Wildman–Crippen LogP) is 3.05. The normalized spacial score (nSPS) is 36.9. The SMILES string of the molecule is C=C1C(=O)O[C@@H]2C[C@H](C)C3=C(Br)C(=O)[C@@](C)(C[C@@H](OC(=O)C(C)C)[C@@H]12)O3. The van der Waals surface area contributed by atoms with Crippen LogP contribution in [0.3, 0.4) is 0 Å². The number of allylic oxidation sites excluding steroid dienone is 1. The largest absolute Gasteiger partial charge is 0.482 e. The number of hydrogen-bond acceptors (Lipinski definition) is 6. The van der Waals surface area contributed by atoms with Gasteiger partial charge in [0.25, 0.3) is 0 Å². The number of halogens is 1. The molecule has 0 saturated carbocycles. The number of rotatable bonds is 2. The van der Waals surface area contributed by atoms with E-state index < -0.39 is 35.7 Å². The first kappa shape index (κ1) is 19.1. The van der Waals surface area contributed by atoms with Gasteiger partial charge in [-0.1, -0.05) is 27.4 Å². The van der Waals surface area contributed by atoms with E-state index in [0.717, 1.165) is 0 Å². The van der Waals surface area contributed by atoms with E-state index in [-0.39, 0.29) is 29.6 Å². The third-order valence-electron chi connectivity index (χ3n) is 5.32. The molecule has 6 nitrogen and oxygen atoms in total. The second-order valence-electron chi connectivity index (χ2n) is 7.81. The van der Waals surface area contributed by atoms with E-state index in [4.69, 9.17) is 14.2 Å². The van der Waals surface area contributed by atoms with Gasteiger partial charge in [0.2, 0.25) is 5.78 Å². The van der Waals surface area contributed by atoms with Gasteiger partial charge in [-0.15, -0.1) is 0 Å². The van der Waals surface area contributed by atoms with Gasteiger partial charge < -0.3 is 14.2 Å². The van der Waals surface area contributed by atoms with Crippen LogP contribution in [0.15, 0.2) is 22.4 Å². The maximum atomic E-state index is 12.8. The molecule has 0 aromatic carbocycles. The van der Waals surface area contributed by atoms with Crippen LogP contribution in [0.4, 0.5) is 0 Å². The number of ether oxygens (including phenoxy) is 3. The highest BCUT2D eigenvalue weighted by atomic mass is 79.9. The Bertz CT molecular complexity index is 724. The van der Waals surface area contributed by atoms with Crippen molar-refractivity contribution >= 4 is 33.7 Å². The fraction of sp³-hybridized carbons (Fsp3) is 0.632. The van der Waals surface area contributed by atoms with Gasteiger partial charge in [-0.3, -0.25) is 9.59 Å². The summed E-state index contributed by atoms with van der Waals surface area (Å²) in [4.78, 5) is 37.2. The lowest BCUT2D eigenvalue weighted by atomic mass is 9.80. The molecule has 5 atom stereocenters. The van der Waals surface area contributed by atoms with Crippen LogP contribution in [0.25, 0.3) is 0 Å². The molecule has 0 aliphatic carbocycles. The minimum Gasteiger partial charge on any atom is -0.482 e. The fourth-order valence-corrected chi connectivity index (χ4v) is 4.69. The zero-order chi connectivity index (χ0) is 19.4. The standard InChI is InChI=1S/C19H23BrO6/c1-8(2)17(22)25-12-7-19(5)16(21)14(20)15(26-19)9(3)6-11-13(12)10(4)18(23)24-11/h8-9,11-13H,4,6-7H2,1-3,5H3/t9-,11+,12+,13-,19+/m0/s1. The monoisotopic (exact) mass is 426 g/mol. The summed E-state index contributed by atoms with van der Waals surface area (Å²) >= 11 is 3.34. The van der Waals surface area contributed by atoms with Crippen molar-refractivity contribution < 1.29 is 28.6 Å². The van der Waals surface area contributed by atoms with Crippen LogP contribution in [0.1, 0.15) is 40.5 Å². The molecule has 3 aliphatic rings. The summed E-state index contributed by atoms with van der Waals surface area (Å²) in [5.41, 5.74) is -0.879. The van der Waals surface area contributed by atoms with Crippen molar-refractivity contribution in [3.63, 3.8) is 0 Å². The number of carbonyl (C=O) groups excluding carboxylic acids is 3. The molecular formula is C19H23BrO6. The van der Waals surface area contributed by atoms with Gasteiger partial charge in [0, 0.05) is 17.9 Å². The van der Waals surface area contributed by atoms with Gasteiger partial charge >= 0.3 is 11.9 Å². The third kappa shape index (κ3) is 3.00. The Labute approximate surface area is 161 Å². The summed E-state index contributed by atoms with van der Waals surface area (Å²) < 4.78 is 17.7. The summed E-state index contributed by atoms with van der Waals surface area (Å²) in [6.07, 6.45) is -0.608. The lowest BCUT2D eigenvalue weighted by molar-refractivity contribution is -0.161. The molecule has 2 saturated heterocycles. The van der Waals surface area contributed by atoms with Crippen molar-refractivity contribution in [2.75, 3.05) is 0 Å². The lowest BCUT2D eigenvalue weighted by Gasteiger charge is -2.32. The van der Waals surface area contributed by atoms with Crippen molar-refractivity contribution in [3.05, 3.63) is 22.4 Å². The van der Waals surface area contributed by atoms with E-state index >= 15 is 0 Å². The fourth-order valence-electron chi connectivity index (χ4n) is 3.80. The molecular weight excluding hydrogens is 404 g/mol. The van der Waals surface area contributed by atoms with E-state index in [9.17, 15) is 14.4 Å². The molecule has 142 valence electrons. The van der Waals surface area contributed by atoms with Crippen LogP contribution >= 0.6 is 15.9 Å². The van der Waals surface area contributed by atoms with E-state index in [1.807, 2.05) is 6.92 Å². The Hall–Kier alpha value is -1.63. The number of Topliss-reactive ketones (excluding diaryl/α,β-unsaturated/α-hetero) is 1. The predicted molar refractivity (Wildman–Crippen MR) is 96.1 cm³/mol. The minimum atomic E-state index is -1.16. The van der Waals surface area contributed by atoms with E-state index in [1.54, 1.807) is 20.8 Å². The second-order valence-corrected chi connectivity index (χ2v) is 8.60. The van der Waals surface area contributed by atoms with Crippen molar-refractivity contribution in [1.82, 2.24) is 0 Å². The average molecular weight is 427 g/mol. The van der Waals surface area contributed by atoms with Crippen LogP contribution in [-0.2, 0) is 28.6 Å². The quantitative estimate of drug-likeness (QED) is 0.498. The zero-order valence-corrected chi connectivity index (χ0v) is 16.9. The molecule has 0 unspecified atom stereocenters. The third-order valence-corrected chi connectivity index (χ3v) is 6.07. The topological polar surface area (TPSA) is 78.9 Å². The first-order chi connectivity index (χ1) is 12.0. The maximum Gasteiger partial charge on any atom is 0.334 e. The maximum absolute atomic E-state index is 12.8. The van der Waals surface area contributed by atoms with Gasteiger partial charge in [-0.25, -0.2) is 4.79 Å².